The van der Waals surface area contributed by atoms with Crippen molar-refractivity contribution in [2.75, 3.05) is 19.0 Å². The van der Waals surface area contributed by atoms with E-state index in [-0.39, 0.29) is 0 Å². The summed E-state index contributed by atoms with van der Waals surface area (Å²) in [5.41, 5.74) is 2.67. The van der Waals surface area contributed by atoms with E-state index in [2.05, 4.69) is 47.1 Å². The van der Waals surface area contributed by atoms with Gasteiger partial charge in [0, 0.05) is 5.33 Å². The van der Waals surface area contributed by atoms with Gasteiger partial charge in [-0.2, -0.15) is 0 Å². The van der Waals surface area contributed by atoms with Crippen molar-refractivity contribution < 1.29 is 9.47 Å². The van der Waals surface area contributed by atoms with Crippen LogP contribution in [-0.4, -0.2) is 19.0 Å². The predicted molar refractivity (Wildman–Crippen MR) is 90.8 cm³/mol. The minimum Gasteiger partial charge on any atom is -0.497 e. The Kier molecular flexibility index (Phi) is 6.12. The number of methoxy groups -OCH3 is 1. The molecule has 0 saturated carbocycles. The molecule has 2 nitrogen and oxygen atoms in total. The second kappa shape index (κ2) is 8.08. The summed E-state index contributed by atoms with van der Waals surface area (Å²) in [6, 6.07) is 16.4. The summed E-state index contributed by atoms with van der Waals surface area (Å²) in [5.74, 6) is 2.21. The molecular formula is C18H21BrO2. The van der Waals surface area contributed by atoms with Crippen molar-refractivity contribution in [1.82, 2.24) is 0 Å². The molecule has 0 aliphatic heterocycles. The Labute approximate surface area is 135 Å². The molecule has 0 N–H and O–H groups in total. The molecule has 112 valence electrons. The molecule has 1 atom stereocenters. The van der Waals surface area contributed by atoms with E-state index in [9.17, 15) is 0 Å². The van der Waals surface area contributed by atoms with Crippen molar-refractivity contribution in [1.29, 1.82) is 0 Å². The van der Waals surface area contributed by atoms with Crippen molar-refractivity contribution in [3.8, 4) is 11.5 Å². The summed E-state index contributed by atoms with van der Waals surface area (Å²) >= 11 is 3.61. The topological polar surface area (TPSA) is 18.5 Å². The molecule has 2 aromatic carbocycles. The largest absolute Gasteiger partial charge is 0.497 e. The molecule has 0 fully saturated rings. The molecule has 21 heavy (non-hydrogen) atoms. The maximum atomic E-state index is 5.81. The number of ether oxygens (including phenoxy) is 2. The van der Waals surface area contributed by atoms with Crippen LogP contribution in [-0.2, 0) is 0 Å². The number of alkyl halides is 1. The van der Waals surface area contributed by atoms with Gasteiger partial charge in [-0.1, -0.05) is 45.8 Å². The predicted octanol–water partition coefficient (Wildman–Crippen LogP) is 4.95. The van der Waals surface area contributed by atoms with Crippen molar-refractivity contribution >= 4 is 15.9 Å². The van der Waals surface area contributed by atoms with Gasteiger partial charge in [-0.25, -0.2) is 0 Å². The van der Waals surface area contributed by atoms with Gasteiger partial charge < -0.3 is 9.47 Å². The highest BCUT2D eigenvalue weighted by Gasteiger charge is 2.10. The van der Waals surface area contributed by atoms with E-state index in [0.29, 0.717) is 12.5 Å². The minimum atomic E-state index is 0.475. The Bertz CT molecular complexity index is 551. The average Bonchev–Trinajstić information content (AvgIpc) is 2.52. The van der Waals surface area contributed by atoms with Crippen LogP contribution >= 0.6 is 15.9 Å². The van der Waals surface area contributed by atoms with E-state index in [1.807, 2.05) is 24.3 Å². The lowest BCUT2D eigenvalue weighted by atomic mass is 9.97. The van der Waals surface area contributed by atoms with Gasteiger partial charge in [0.2, 0.25) is 0 Å². The molecule has 3 heteroatoms. The maximum Gasteiger partial charge on any atom is 0.119 e. The van der Waals surface area contributed by atoms with Crippen LogP contribution in [0.4, 0.5) is 0 Å². The van der Waals surface area contributed by atoms with Crippen molar-refractivity contribution in [2.45, 2.75) is 19.3 Å². The van der Waals surface area contributed by atoms with Gasteiger partial charge >= 0.3 is 0 Å². The second-order valence-corrected chi connectivity index (χ2v) is 5.73. The molecule has 0 spiro atoms. The minimum absolute atomic E-state index is 0.475. The van der Waals surface area contributed by atoms with Crippen LogP contribution in [0, 0.1) is 6.92 Å². The Hall–Kier alpha value is -1.48. The maximum absolute atomic E-state index is 5.81. The lowest BCUT2D eigenvalue weighted by molar-refractivity contribution is 0.301. The number of hydrogen-bond acceptors (Lipinski definition) is 2. The lowest BCUT2D eigenvalue weighted by Gasteiger charge is -2.16. The molecule has 0 aromatic heterocycles. The molecule has 0 aliphatic rings. The zero-order chi connectivity index (χ0) is 15.1. The first-order valence-electron chi connectivity index (χ1n) is 7.12. The molecular weight excluding hydrogens is 328 g/mol. The smallest absolute Gasteiger partial charge is 0.119 e. The Morgan fingerprint density at radius 1 is 1.05 bits per heavy atom. The van der Waals surface area contributed by atoms with Crippen molar-refractivity contribution in [3.63, 3.8) is 0 Å². The molecule has 0 amide bonds. The first-order chi connectivity index (χ1) is 10.2. The lowest BCUT2D eigenvalue weighted by Crippen LogP contribution is -2.07. The number of benzene rings is 2. The molecule has 2 aromatic rings. The number of aryl methyl sites for hydroxylation is 1. The van der Waals surface area contributed by atoms with Gasteiger partial charge in [0.05, 0.1) is 13.7 Å². The second-order valence-electron chi connectivity index (χ2n) is 5.08. The highest BCUT2D eigenvalue weighted by atomic mass is 79.9. The summed E-state index contributed by atoms with van der Waals surface area (Å²) in [6.45, 7) is 2.83. The summed E-state index contributed by atoms with van der Waals surface area (Å²) in [7, 11) is 1.66. The third kappa shape index (κ3) is 4.78. The third-order valence-electron chi connectivity index (χ3n) is 3.49. The van der Waals surface area contributed by atoms with E-state index in [4.69, 9.17) is 9.47 Å². The van der Waals surface area contributed by atoms with E-state index in [0.717, 1.165) is 23.2 Å². The monoisotopic (exact) mass is 348 g/mol. The zero-order valence-electron chi connectivity index (χ0n) is 12.5. The van der Waals surface area contributed by atoms with Crippen LogP contribution in [0.1, 0.15) is 23.5 Å². The van der Waals surface area contributed by atoms with E-state index in [1.54, 1.807) is 7.11 Å². The van der Waals surface area contributed by atoms with Gasteiger partial charge in [0.1, 0.15) is 11.5 Å². The molecule has 1 unspecified atom stereocenters. The Morgan fingerprint density at radius 3 is 2.38 bits per heavy atom. The van der Waals surface area contributed by atoms with Gasteiger partial charge in [-0.3, -0.25) is 0 Å². The first kappa shape index (κ1) is 15.9. The first-order valence-corrected chi connectivity index (χ1v) is 8.24. The van der Waals surface area contributed by atoms with E-state index in [1.165, 1.54) is 11.1 Å². The molecule has 0 radical (unpaired) electrons. The van der Waals surface area contributed by atoms with E-state index < -0.39 is 0 Å². The highest BCUT2D eigenvalue weighted by molar-refractivity contribution is 9.09. The van der Waals surface area contributed by atoms with Crippen LogP contribution in [0.3, 0.4) is 0 Å². The van der Waals surface area contributed by atoms with Gasteiger partial charge in [-0.05, 0) is 49.1 Å². The Balaban J connectivity index is 1.88. The van der Waals surface area contributed by atoms with Gasteiger partial charge in [-0.15, -0.1) is 0 Å². The van der Waals surface area contributed by atoms with Crippen molar-refractivity contribution in [3.05, 3.63) is 59.7 Å². The molecule has 0 heterocycles. The SMILES string of the molecule is COc1ccc(OCCC(CBr)c2cccc(C)c2)cc1. The van der Waals surface area contributed by atoms with E-state index >= 15 is 0 Å². The van der Waals surface area contributed by atoms with Crippen LogP contribution in [0.15, 0.2) is 48.5 Å². The van der Waals surface area contributed by atoms with Gasteiger partial charge in [0.25, 0.3) is 0 Å². The van der Waals surface area contributed by atoms with Crippen LogP contribution in [0.2, 0.25) is 0 Å². The van der Waals surface area contributed by atoms with Crippen LogP contribution in [0.5, 0.6) is 11.5 Å². The van der Waals surface area contributed by atoms with Crippen molar-refractivity contribution in [2.24, 2.45) is 0 Å². The molecule has 0 aliphatic carbocycles. The standard InChI is InChI=1S/C18H21BrO2/c1-14-4-3-5-15(12-14)16(13-19)10-11-21-18-8-6-17(20-2)7-9-18/h3-9,12,16H,10-11,13H2,1-2H3. The molecule has 0 bridgehead atoms. The molecule has 0 saturated heterocycles. The fourth-order valence-corrected chi connectivity index (χ4v) is 2.95. The number of halogens is 1. The number of hydrogen-bond donors (Lipinski definition) is 0. The van der Waals surface area contributed by atoms with Crippen LogP contribution < -0.4 is 9.47 Å². The summed E-state index contributed by atoms with van der Waals surface area (Å²) < 4.78 is 10.9. The van der Waals surface area contributed by atoms with Gasteiger partial charge in [0.15, 0.2) is 0 Å². The summed E-state index contributed by atoms with van der Waals surface area (Å²) in [4.78, 5) is 0. The highest BCUT2D eigenvalue weighted by Crippen LogP contribution is 2.24. The fourth-order valence-electron chi connectivity index (χ4n) is 2.25. The number of rotatable bonds is 7. The Morgan fingerprint density at radius 2 is 1.76 bits per heavy atom. The summed E-state index contributed by atoms with van der Waals surface area (Å²) in [6.07, 6.45) is 0.987. The summed E-state index contributed by atoms with van der Waals surface area (Å²) in [5, 5.41) is 0.947. The van der Waals surface area contributed by atoms with Crippen LogP contribution in [0.25, 0.3) is 0 Å². The fraction of sp³-hybridized carbons (Fsp3) is 0.333. The normalized spacial score (nSPS) is 12.0. The zero-order valence-corrected chi connectivity index (χ0v) is 14.1. The third-order valence-corrected chi connectivity index (χ3v) is 4.28. The quantitative estimate of drug-likeness (QED) is 0.659. The molecule has 2 rings (SSSR count). The average molecular weight is 349 g/mol.